The minimum absolute atomic E-state index is 0.00566. The molecule has 4 nitrogen and oxygen atoms in total. The van der Waals surface area contributed by atoms with Crippen LogP contribution in [0.2, 0.25) is 0 Å². The van der Waals surface area contributed by atoms with Crippen LogP contribution in [0.25, 0.3) is 0 Å². The molecule has 1 aliphatic rings. The Bertz CT molecular complexity index is 524. The van der Waals surface area contributed by atoms with Gasteiger partial charge in [-0.2, -0.15) is 0 Å². The van der Waals surface area contributed by atoms with Gasteiger partial charge in [0.2, 0.25) is 10.0 Å². The fourth-order valence-electron chi connectivity index (χ4n) is 1.44. The molecule has 0 bridgehead atoms. The molecule has 0 heterocycles. The molecule has 3 N–H and O–H groups in total. The number of nitrogen functional groups attached to an aromatic ring is 1. The minimum atomic E-state index is -3.64. The summed E-state index contributed by atoms with van der Waals surface area (Å²) >= 11 is 0. The van der Waals surface area contributed by atoms with E-state index < -0.39 is 15.8 Å². The van der Waals surface area contributed by atoms with Gasteiger partial charge in [-0.05, 0) is 31.9 Å². The third-order valence-electron chi connectivity index (χ3n) is 2.51. The predicted octanol–water partition coefficient (Wildman–Crippen LogP) is 1.16. The largest absolute Gasteiger partial charge is 0.399 e. The number of nitrogens with one attached hydrogen (secondary N) is 1. The van der Waals surface area contributed by atoms with Gasteiger partial charge in [0, 0.05) is 17.3 Å². The van der Waals surface area contributed by atoms with E-state index in [0.29, 0.717) is 0 Å². The van der Waals surface area contributed by atoms with Gasteiger partial charge >= 0.3 is 0 Å². The maximum Gasteiger partial charge on any atom is 0.241 e. The van der Waals surface area contributed by atoms with Crippen LogP contribution in [-0.2, 0) is 10.0 Å². The van der Waals surface area contributed by atoms with Crippen molar-refractivity contribution in [3.8, 4) is 0 Å². The van der Waals surface area contributed by atoms with Gasteiger partial charge in [0.25, 0.3) is 0 Å². The highest BCUT2D eigenvalue weighted by atomic mass is 32.2. The standard InChI is InChI=1S/C10H13FN2O2S/c1-6-9(11)4-7(12)5-10(6)16(14,15)13-8-2-3-8/h4-5,8,13H,2-3,12H2,1H3. The molecular weight excluding hydrogens is 231 g/mol. The normalized spacial score (nSPS) is 16.4. The summed E-state index contributed by atoms with van der Waals surface area (Å²) in [7, 11) is -3.64. The van der Waals surface area contributed by atoms with E-state index in [-0.39, 0.29) is 22.2 Å². The van der Waals surface area contributed by atoms with E-state index in [0.717, 1.165) is 18.9 Å². The van der Waals surface area contributed by atoms with E-state index in [1.807, 2.05) is 0 Å². The van der Waals surface area contributed by atoms with Gasteiger partial charge in [0.1, 0.15) is 5.82 Å². The van der Waals surface area contributed by atoms with Crippen LogP contribution in [0.4, 0.5) is 10.1 Å². The summed E-state index contributed by atoms with van der Waals surface area (Å²) in [6.07, 6.45) is 1.67. The average Bonchev–Trinajstić information content (AvgIpc) is 2.94. The van der Waals surface area contributed by atoms with Crippen LogP contribution in [0, 0.1) is 12.7 Å². The highest BCUT2D eigenvalue weighted by molar-refractivity contribution is 7.89. The molecule has 0 amide bonds. The Kier molecular flexibility index (Phi) is 2.63. The molecular formula is C10H13FN2O2S. The third-order valence-corrected chi connectivity index (χ3v) is 4.15. The molecule has 0 radical (unpaired) electrons. The Labute approximate surface area is 93.7 Å². The summed E-state index contributed by atoms with van der Waals surface area (Å²) < 4.78 is 39.6. The number of halogens is 1. The first kappa shape index (κ1) is 11.3. The molecule has 1 saturated carbocycles. The molecule has 1 fully saturated rings. The van der Waals surface area contributed by atoms with Crippen molar-refractivity contribution in [2.75, 3.05) is 5.73 Å². The molecule has 0 unspecified atom stereocenters. The molecule has 0 aromatic heterocycles. The zero-order valence-corrected chi connectivity index (χ0v) is 9.64. The van der Waals surface area contributed by atoms with Crippen molar-refractivity contribution >= 4 is 15.7 Å². The van der Waals surface area contributed by atoms with Crippen LogP contribution >= 0.6 is 0 Å². The summed E-state index contributed by atoms with van der Waals surface area (Å²) in [4.78, 5) is -0.0723. The van der Waals surface area contributed by atoms with E-state index >= 15 is 0 Å². The second kappa shape index (κ2) is 3.71. The lowest BCUT2D eigenvalue weighted by Crippen LogP contribution is -2.26. The second-order valence-electron chi connectivity index (χ2n) is 4.02. The maximum absolute atomic E-state index is 13.4. The number of benzene rings is 1. The predicted molar refractivity (Wildman–Crippen MR) is 58.9 cm³/mol. The van der Waals surface area contributed by atoms with Gasteiger partial charge < -0.3 is 5.73 Å². The fourth-order valence-corrected chi connectivity index (χ4v) is 3.03. The van der Waals surface area contributed by atoms with E-state index in [2.05, 4.69) is 4.72 Å². The topological polar surface area (TPSA) is 72.2 Å². The van der Waals surface area contributed by atoms with Gasteiger partial charge in [-0.15, -0.1) is 0 Å². The summed E-state index contributed by atoms with van der Waals surface area (Å²) in [5.41, 5.74) is 5.65. The van der Waals surface area contributed by atoms with Crippen molar-refractivity contribution in [2.45, 2.75) is 30.7 Å². The number of hydrogen-bond donors (Lipinski definition) is 2. The van der Waals surface area contributed by atoms with Crippen molar-refractivity contribution in [3.63, 3.8) is 0 Å². The first-order valence-electron chi connectivity index (χ1n) is 4.98. The Hall–Kier alpha value is -1.14. The Morgan fingerprint density at radius 1 is 1.44 bits per heavy atom. The van der Waals surface area contributed by atoms with Gasteiger partial charge in [0.05, 0.1) is 4.90 Å². The SMILES string of the molecule is Cc1c(F)cc(N)cc1S(=O)(=O)NC1CC1. The van der Waals surface area contributed by atoms with E-state index in [1.54, 1.807) is 0 Å². The number of sulfonamides is 1. The molecule has 2 rings (SSSR count). The zero-order valence-electron chi connectivity index (χ0n) is 8.83. The molecule has 1 aromatic carbocycles. The van der Waals surface area contributed by atoms with Crippen LogP contribution < -0.4 is 10.5 Å². The van der Waals surface area contributed by atoms with Crippen LogP contribution in [-0.4, -0.2) is 14.5 Å². The molecule has 0 saturated heterocycles. The van der Waals surface area contributed by atoms with Crippen LogP contribution in [0.1, 0.15) is 18.4 Å². The maximum atomic E-state index is 13.4. The first-order chi connectivity index (χ1) is 7.40. The molecule has 16 heavy (non-hydrogen) atoms. The zero-order chi connectivity index (χ0) is 11.9. The van der Waals surface area contributed by atoms with E-state index in [9.17, 15) is 12.8 Å². The molecule has 6 heteroatoms. The summed E-state index contributed by atoms with van der Waals surface area (Å²) in [6.45, 7) is 1.43. The summed E-state index contributed by atoms with van der Waals surface area (Å²) in [5, 5.41) is 0. The smallest absolute Gasteiger partial charge is 0.241 e. The van der Waals surface area contributed by atoms with Gasteiger partial charge in [-0.3, -0.25) is 0 Å². The Morgan fingerprint density at radius 3 is 2.62 bits per heavy atom. The van der Waals surface area contributed by atoms with Gasteiger partial charge in [-0.1, -0.05) is 0 Å². The lowest BCUT2D eigenvalue weighted by atomic mass is 10.2. The number of rotatable bonds is 3. The van der Waals surface area contributed by atoms with Crippen molar-refractivity contribution in [1.29, 1.82) is 0 Å². The Balaban J connectivity index is 2.45. The molecule has 0 atom stereocenters. The highest BCUT2D eigenvalue weighted by Crippen LogP contribution is 2.25. The van der Waals surface area contributed by atoms with E-state index in [4.69, 9.17) is 5.73 Å². The average molecular weight is 244 g/mol. The summed E-state index contributed by atoms with van der Waals surface area (Å²) in [5.74, 6) is -0.601. The van der Waals surface area contributed by atoms with Crippen LogP contribution in [0.15, 0.2) is 17.0 Å². The molecule has 0 aliphatic heterocycles. The van der Waals surface area contributed by atoms with Gasteiger partial charge in [0.15, 0.2) is 0 Å². The number of hydrogen-bond acceptors (Lipinski definition) is 3. The van der Waals surface area contributed by atoms with Crippen LogP contribution in [0.5, 0.6) is 0 Å². The third kappa shape index (κ3) is 2.17. The van der Waals surface area contributed by atoms with Crippen LogP contribution in [0.3, 0.4) is 0 Å². The molecule has 1 aromatic rings. The second-order valence-corrected chi connectivity index (χ2v) is 5.70. The molecule has 88 valence electrons. The monoisotopic (exact) mass is 244 g/mol. The number of nitrogens with two attached hydrogens (primary N) is 1. The van der Waals surface area contributed by atoms with Crippen molar-refractivity contribution in [1.82, 2.24) is 4.72 Å². The van der Waals surface area contributed by atoms with Crippen molar-refractivity contribution < 1.29 is 12.8 Å². The minimum Gasteiger partial charge on any atom is -0.399 e. The summed E-state index contributed by atoms with van der Waals surface area (Å²) in [6, 6.07) is 2.39. The lowest BCUT2D eigenvalue weighted by Gasteiger charge is -2.10. The Morgan fingerprint density at radius 2 is 2.06 bits per heavy atom. The highest BCUT2D eigenvalue weighted by Gasteiger charge is 2.29. The van der Waals surface area contributed by atoms with Crippen molar-refractivity contribution in [3.05, 3.63) is 23.5 Å². The molecule has 0 spiro atoms. The van der Waals surface area contributed by atoms with Gasteiger partial charge in [-0.25, -0.2) is 17.5 Å². The lowest BCUT2D eigenvalue weighted by molar-refractivity contribution is 0.574. The first-order valence-corrected chi connectivity index (χ1v) is 6.46. The van der Waals surface area contributed by atoms with E-state index in [1.165, 1.54) is 13.0 Å². The van der Waals surface area contributed by atoms with Crippen molar-refractivity contribution in [2.24, 2.45) is 0 Å². The molecule has 1 aliphatic carbocycles. The quantitative estimate of drug-likeness (QED) is 0.784. The number of anilines is 1. The fraction of sp³-hybridized carbons (Fsp3) is 0.400.